The van der Waals surface area contributed by atoms with Crippen LogP contribution in [-0.2, 0) is 11.3 Å². The molecule has 1 aliphatic heterocycles. The van der Waals surface area contributed by atoms with Gasteiger partial charge in [-0.2, -0.15) is 0 Å². The molecule has 1 aromatic rings. The molecule has 0 saturated carbocycles. The van der Waals surface area contributed by atoms with Gasteiger partial charge in [-0.05, 0) is 37.0 Å². The molecule has 2 rings (SSSR count). The highest BCUT2D eigenvalue weighted by Gasteiger charge is 2.26. The molecule has 6 heteroatoms. The highest BCUT2D eigenvalue weighted by atomic mass is 16.5. The van der Waals surface area contributed by atoms with Crippen LogP contribution in [0.1, 0.15) is 42.1 Å². The molecule has 0 aliphatic carbocycles. The Morgan fingerprint density at radius 2 is 2.09 bits per heavy atom. The van der Waals surface area contributed by atoms with Crippen molar-refractivity contribution in [3.8, 4) is 0 Å². The van der Waals surface area contributed by atoms with Crippen molar-refractivity contribution in [3.05, 3.63) is 35.4 Å². The Hall–Kier alpha value is -2.08. The molecule has 1 aliphatic rings. The van der Waals surface area contributed by atoms with Gasteiger partial charge in [-0.25, -0.2) is 4.79 Å². The van der Waals surface area contributed by atoms with Crippen LogP contribution in [0, 0.1) is 0 Å². The Bertz CT molecular complexity index is 510. The first-order valence-electron chi connectivity index (χ1n) is 7.65. The van der Waals surface area contributed by atoms with E-state index in [4.69, 9.17) is 10.5 Å². The van der Waals surface area contributed by atoms with Crippen molar-refractivity contribution in [1.82, 2.24) is 10.6 Å². The molecular formula is C16H23N3O3. The Kier molecular flexibility index (Phi) is 5.77. The maximum Gasteiger partial charge on any atom is 0.312 e. The third-order valence-electron chi connectivity index (χ3n) is 3.85. The van der Waals surface area contributed by atoms with Gasteiger partial charge in [0, 0.05) is 18.7 Å². The van der Waals surface area contributed by atoms with Gasteiger partial charge in [-0.1, -0.05) is 19.1 Å². The van der Waals surface area contributed by atoms with Crippen LogP contribution in [0.3, 0.4) is 0 Å². The Balaban J connectivity index is 1.92. The Morgan fingerprint density at radius 1 is 1.36 bits per heavy atom. The van der Waals surface area contributed by atoms with Gasteiger partial charge in [0.1, 0.15) is 0 Å². The van der Waals surface area contributed by atoms with E-state index in [-0.39, 0.29) is 18.1 Å². The number of nitrogens with two attached hydrogens (primary N) is 1. The van der Waals surface area contributed by atoms with Gasteiger partial charge in [0.2, 0.25) is 0 Å². The van der Waals surface area contributed by atoms with Crippen LogP contribution in [0.15, 0.2) is 24.3 Å². The SMILES string of the molecule is CCC(NC(=O)c1ccc(CNC(N)=O)cc1)C1CCCO1. The average molecular weight is 305 g/mol. The summed E-state index contributed by atoms with van der Waals surface area (Å²) in [6.07, 6.45) is 3.01. The van der Waals surface area contributed by atoms with Crippen molar-refractivity contribution in [2.24, 2.45) is 5.73 Å². The number of primary amides is 1. The fourth-order valence-corrected chi connectivity index (χ4v) is 2.59. The summed E-state index contributed by atoms with van der Waals surface area (Å²) < 4.78 is 5.65. The van der Waals surface area contributed by atoms with E-state index in [1.807, 2.05) is 6.92 Å². The lowest BCUT2D eigenvalue weighted by molar-refractivity contribution is 0.0665. The lowest BCUT2D eigenvalue weighted by Crippen LogP contribution is -2.42. The summed E-state index contributed by atoms with van der Waals surface area (Å²) >= 11 is 0. The van der Waals surface area contributed by atoms with E-state index in [0.717, 1.165) is 31.4 Å². The van der Waals surface area contributed by atoms with Crippen LogP contribution < -0.4 is 16.4 Å². The Labute approximate surface area is 130 Å². The van der Waals surface area contributed by atoms with Gasteiger partial charge in [-0.3, -0.25) is 4.79 Å². The quantitative estimate of drug-likeness (QED) is 0.744. The summed E-state index contributed by atoms with van der Waals surface area (Å²) in [6.45, 7) is 3.18. The zero-order valence-corrected chi connectivity index (χ0v) is 12.8. The van der Waals surface area contributed by atoms with Crippen LogP contribution in [0.25, 0.3) is 0 Å². The van der Waals surface area contributed by atoms with Crippen molar-refractivity contribution in [2.75, 3.05) is 6.61 Å². The molecular weight excluding hydrogens is 282 g/mol. The zero-order chi connectivity index (χ0) is 15.9. The number of amides is 3. The van der Waals surface area contributed by atoms with E-state index in [1.165, 1.54) is 0 Å². The van der Waals surface area contributed by atoms with Crippen molar-refractivity contribution in [3.63, 3.8) is 0 Å². The predicted octanol–water partition coefficient (Wildman–Crippen LogP) is 1.54. The fraction of sp³-hybridized carbons (Fsp3) is 0.500. The molecule has 0 spiro atoms. The molecule has 4 N–H and O–H groups in total. The number of ether oxygens (including phenoxy) is 1. The molecule has 0 radical (unpaired) electrons. The largest absolute Gasteiger partial charge is 0.376 e. The zero-order valence-electron chi connectivity index (χ0n) is 12.8. The summed E-state index contributed by atoms with van der Waals surface area (Å²) in [7, 11) is 0. The van der Waals surface area contributed by atoms with Gasteiger partial charge >= 0.3 is 6.03 Å². The Morgan fingerprint density at radius 3 is 2.64 bits per heavy atom. The lowest BCUT2D eigenvalue weighted by atomic mass is 10.0. The van der Waals surface area contributed by atoms with E-state index in [1.54, 1.807) is 24.3 Å². The molecule has 2 atom stereocenters. The van der Waals surface area contributed by atoms with Crippen LogP contribution in [0.2, 0.25) is 0 Å². The van der Waals surface area contributed by atoms with Gasteiger partial charge in [-0.15, -0.1) is 0 Å². The monoisotopic (exact) mass is 305 g/mol. The molecule has 1 saturated heterocycles. The molecule has 2 unspecified atom stereocenters. The van der Waals surface area contributed by atoms with Gasteiger partial charge < -0.3 is 21.1 Å². The summed E-state index contributed by atoms with van der Waals surface area (Å²) in [5, 5.41) is 5.55. The average Bonchev–Trinajstić information content (AvgIpc) is 3.05. The van der Waals surface area contributed by atoms with E-state index in [0.29, 0.717) is 12.1 Å². The van der Waals surface area contributed by atoms with E-state index >= 15 is 0 Å². The first-order chi connectivity index (χ1) is 10.6. The highest BCUT2D eigenvalue weighted by Crippen LogP contribution is 2.18. The van der Waals surface area contributed by atoms with Crippen LogP contribution >= 0.6 is 0 Å². The third-order valence-corrected chi connectivity index (χ3v) is 3.85. The molecule has 6 nitrogen and oxygen atoms in total. The van der Waals surface area contributed by atoms with E-state index in [9.17, 15) is 9.59 Å². The normalized spacial score (nSPS) is 18.7. The third kappa shape index (κ3) is 4.46. The maximum absolute atomic E-state index is 12.3. The van der Waals surface area contributed by atoms with Gasteiger partial charge in [0.25, 0.3) is 5.91 Å². The summed E-state index contributed by atoms with van der Waals surface area (Å²) in [5.74, 6) is -0.100. The predicted molar refractivity (Wildman–Crippen MR) is 83.4 cm³/mol. The number of carbonyl (C=O) groups excluding carboxylic acids is 2. The van der Waals surface area contributed by atoms with Gasteiger partial charge in [0.15, 0.2) is 0 Å². The summed E-state index contributed by atoms with van der Waals surface area (Å²) in [6, 6.07) is 6.58. The number of hydrogen-bond donors (Lipinski definition) is 3. The second-order valence-corrected chi connectivity index (χ2v) is 5.45. The van der Waals surface area contributed by atoms with Crippen LogP contribution in [0.4, 0.5) is 4.79 Å². The highest BCUT2D eigenvalue weighted by molar-refractivity contribution is 5.94. The molecule has 1 aromatic carbocycles. The fourth-order valence-electron chi connectivity index (χ4n) is 2.59. The van der Waals surface area contributed by atoms with Crippen molar-refractivity contribution >= 4 is 11.9 Å². The first kappa shape index (κ1) is 16.3. The van der Waals surface area contributed by atoms with Crippen molar-refractivity contribution < 1.29 is 14.3 Å². The van der Waals surface area contributed by atoms with Gasteiger partial charge in [0.05, 0.1) is 12.1 Å². The molecule has 3 amide bonds. The number of rotatable bonds is 6. The second kappa shape index (κ2) is 7.79. The molecule has 1 heterocycles. The molecule has 1 fully saturated rings. The minimum Gasteiger partial charge on any atom is -0.376 e. The first-order valence-corrected chi connectivity index (χ1v) is 7.65. The number of hydrogen-bond acceptors (Lipinski definition) is 3. The standard InChI is InChI=1S/C16H23N3O3/c1-2-13(14-4-3-9-22-14)19-15(20)12-7-5-11(6-8-12)10-18-16(17)21/h5-8,13-14H,2-4,9-10H2,1H3,(H,19,20)(H3,17,18,21). The number of urea groups is 1. The summed E-state index contributed by atoms with van der Waals surface area (Å²) in [4.78, 5) is 23.0. The van der Waals surface area contributed by atoms with Crippen LogP contribution in [0.5, 0.6) is 0 Å². The second-order valence-electron chi connectivity index (χ2n) is 5.45. The number of carbonyl (C=O) groups is 2. The number of nitrogens with one attached hydrogen (secondary N) is 2. The number of benzene rings is 1. The summed E-state index contributed by atoms with van der Waals surface area (Å²) in [5.41, 5.74) is 6.51. The minimum atomic E-state index is -0.566. The maximum atomic E-state index is 12.3. The molecule has 120 valence electrons. The topological polar surface area (TPSA) is 93.5 Å². The van der Waals surface area contributed by atoms with Crippen molar-refractivity contribution in [2.45, 2.75) is 44.9 Å². The molecule has 0 bridgehead atoms. The van der Waals surface area contributed by atoms with E-state index in [2.05, 4.69) is 10.6 Å². The minimum absolute atomic E-state index is 0.0474. The molecule has 0 aromatic heterocycles. The molecule has 22 heavy (non-hydrogen) atoms. The van der Waals surface area contributed by atoms with Crippen molar-refractivity contribution in [1.29, 1.82) is 0 Å². The van der Waals surface area contributed by atoms with E-state index < -0.39 is 6.03 Å². The van der Waals surface area contributed by atoms with Crippen LogP contribution in [-0.4, -0.2) is 30.7 Å². The lowest BCUT2D eigenvalue weighted by Gasteiger charge is -2.22. The smallest absolute Gasteiger partial charge is 0.312 e.